The van der Waals surface area contributed by atoms with Gasteiger partial charge < -0.3 is 10.6 Å². The molecule has 0 radical (unpaired) electrons. The highest BCUT2D eigenvalue weighted by Crippen LogP contribution is 2.25. The molecule has 5 nitrogen and oxygen atoms in total. The highest BCUT2D eigenvalue weighted by Gasteiger charge is 2.23. The fraction of sp³-hybridized carbons (Fsp3) is 0.467. The van der Waals surface area contributed by atoms with Crippen molar-refractivity contribution in [2.75, 3.05) is 25.5 Å². The maximum atomic E-state index is 11.9. The monoisotopic (exact) mass is 343 g/mol. The van der Waals surface area contributed by atoms with Crippen molar-refractivity contribution in [1.82, 2.24) is 10.2 Å². The quantitative estimate of drug-likeness (QED) is 0.799. The molecule has 1 fully saturated rings. The lowest BCUT2D eigenvalue weighted by molar-refractivity contribution is -0.123. The summed E-state index contributed by atoms with van der Waals surface area (Å²) in [6.07, 6.45) is 2.41. The van der Waals surface area contributed by atoms with Gasteiger partial charge in [-0.15, -0.1) is 0 Å². The Labute approximate surface area is 139 Å². The van der Waals surface area contributed by atoms with E-state index in [1.54, 1.807) is 18.2 Å². The Morgan fingerprint density at radius 2 is 2.00 bits per heavy atom. The van der Waals surface area contributed by atoms with E-state index in [1.807, 2.05) is 11.9 Å². The molecular formula is C15H19Cl2N3O2. The molecule has 0 atom stereocenters. The van der Waals surface area contributed by atoms with Crippen LogP contribution >= 0.6 is 23.2 Å². The average molecular weight is 344 g/mol. The van der Waals surface area contributed by atoms with Gasteiger partial charge in [-0.25, -0.2) is 0 Å². The van der Waals surface area contributed by atoms with Crippen molar-refractivity contribution in [3.05, 3.63) is 28.2 Å². The van der Waals surface area contributed by atoms with E-state index in [2.05, 4.69) is 10.6 Å². The summed E-state index contributed by atoms with van der Waals surface area (Å²) < 4.78 is 0. The summed E-state index contributed by atoms with van der Waals surface area (Å²) in [6, 6.07) is 5.25. The van der Waals surface area contributed by atoms with E-state index in [9.17, 15) is 9.59 Å². The predicted octanol–water partition coefficient (Wildman–Crippen LogP) is 2.53. The second-order valence-electron chi connectivity index (χ2n) is 5.50. The molecular weight excluding hydrogens is 325 g/mol. The second kappa shape index (κ2) is 7.81. The number of anilines is 1. The van der Waals surface area contributed by atoms with Crippen molar-refractivity contribution in [3.63, 3.8) is 0 Å². The molecule has 2 amide bonds. The molecule has 22 heavy (non-hydrogen) atoms. The van der Waals surface area contributed by atoms with Crippen LogP contribution in [-0.2, 0) is 9.59 Å². The van der Waals surface area contributed by atoms with Crippen LogP contribution in [0.2, 0.25) is 10.0 Å². The van der Waals surface area contributed by atoms with Crippen molar-refractivity contribution in [3.8, 4) is 0 Å². The highest BCUT2D eigenvalue weighted by atomic mass is 35.5. The van der Waals surface area contributed by atoms with Crippen molar-refractivity contribution in [1.29, 1.82) is 0 Å². The van der Waals surface area contributed by atoms with E-state index in [0.29, 0.717) is 34.9 Å². The maximum absolute atomic E-state index is 11.9. The highest BCUT2D eigenvalue weighted by molar-refractivity contribution is 6.35. The first-order chi connectivity index (χ1) is 10.4. The van der Waals surface area contributed by atoms with Crippen LogP contribution in [0.4, 0.5) is 5.69 Å². The molecule has 1 aromatic carbocycles. The van der Waals surface area contributed by atoms with Crippen molar-refractivity contribution in [2.24, 2.45) is 0 Å². The summed E-state index contributed by atoms with van der Waals surface area (Å²) >= 11 is 11.9. The van der Waals surface area contributed by atoms with Gasteiger partial charge in [-0.1, -0.05) is 23.2 Å². The number of hydrogen-bond acceptors (Lipinski definition) is 3. The minimum atomic E-state index is -0.168. The van der Waals surface area contributed by atoms with Gasteiger partial charge in [0.1, 0.15) is 0 Å². The van der Waals surface area contributed by atoms with Gasteiger partial charge in [0.2, 0.25) is 11.8 Å². The largest absolute Gasteiger partial charge is 0.352 e. The number of nitrogens with zero attached hydrogens (tertiary/aromatic N) is 1. The van der Waals surface area contributed by atoms with E-state index in [0.717, 1.165) is 12.8 Å². The fourth-order valence-corrected chi connectivity index (χ4v) is 2.26. The first-order valence-corrected chi connectivity index (χ1v) is 7.92. The number of rotatable bonds is 7. The molecule has 1 aliphatic rings. The van der Waals surface area contributed by atoms with Crippen LogP contribution in [0.25, 0.3) is 0 Å². The zero-order valence-electron chi connectivity index (χ0n) is 12.4. The lowest BCUT2D eigenvalue weighted by Crippen LogP contribution is -2.37. The van der Waals surface area contributed by atoms with E-state index in [1.165, 1.54) is 0 Å². The smallest absolute Gasteiger partial charge is 0.234 e. The zero-order chi connectivity index (χ0) is 16.1. The molecule has 7 heteroatoms. The predicted molar refractivity (Wildman–Crippen MR) is 88.4 cm³/mol. The van der Waals surface area contributed by atoms with Gasteiger partial charge in [0, 0.05) is 24.0 Å². The normalized spacial score (nSPS) is 14.0. The van der Waals surface area contributed by atoms with Crippen LogP contribution in [0, 0.1) is 0 Å². The van der Waals surface area contributed by atoms with Crippen molar-refractivity contribution >= 4 is 40.7 Å². The molecule has 1 aliphatic carbocycles. The topological polar surface area (TPSA) is 61.4 Å². The zero-order valence-corrected chi connectivity index (χ0v) is 13.9. The maximum Gasteiger partial charge on any atom is 0.234 e. The number of halogens is 2. The van der Waals surface area contributed by atoms with Crippen molar-refractivity contribution in [2.45, 2.75) is 25.3 Å². The third-order valence-electron chi connectivity index (χ3n) is 3.28. The second-order valence-corrected chi connectivity index (χ2v) is 6.35. The number of carbonyl (C=O) groups excluding carboxylic acids is 2. The Bertz CT molecular complexity index is 562. The van der Waals surface area contributed by atoms with E-state index in [4.69, 9.17) is 23.2 Å². The number of amides is 2. The van der Waals surface area contributed by atoms with Crippen LogP contribution in [0.5, 0.6) is 0 Å². The Kier molecular flexibility index (Phi) is 6.06. The molecule has 0 heterocycles. The number of nitrogens with one attached hydrogen (secondary N) is 2. The molecule has 0 bridgehead atoms. The molecule has 0 aromatic heterocycles. The number of carbonyl (C=O) groups is 2. The summed E-state index contributed by atoms with van der Waals surface area (Å²) in [7, 11) is 1.81. The third kappa shape index (κ3) is 5.83. The molecule has 1 aromatic rings. The first-order valence-electron chi connectivity index (χ1n) is 7.17. The van der Waals surface area contributed by atoms with Gasteiger partial charge in [-0.05, 0) is 38.1 Å². The van der Waals surface area contributed by atoms with Gasteiger partial charge in [-0.3, -0.25) is 14.5 Å². The Morgan fingerprint density at radius 3 is 2.68 bits per heavy atom. The fourth-order valence-electron chi connectivity index (χ4n) is 1.92. The molecule has 0 unspecified atom stereocenters. The van der Waals surface area contributed by atoms with Crippen LogP contribution in [0.1, 0.15) is 19.3 Å². The molecule has 2 N–H and O–H groups in total. The van der Waals surface area contributed by atoms with Crippen LogP contribution in [0.3, 0.4) is 0 Å². The lowest BCUT2D eigenvalue weighted by atomic mass is 10.3. The van der Waals surface area contributed by atoms with E-state index in [-0.39, 0.29) is 18.2 Å². The van der Waals surface area contributed by atoms with Crippen LogP contribution in [-0.4, -0.2) is 42.9 Å². The van der Waals surface area contributed by atoms with Gasteiger partial charge in [0.25, 0.3) is 0 Å². The van der Waals surface area contributed by atoms with Gasteiger partial charge >= 0.3 is 0 Å². The molecule has 0 saturated heterocycles. The standard InChI is InChI=1S/C15H19Cl2N3O2/c1-20(9-15(22)18-11-3-4-11)7-6-14(21)19-13-8-10(16)2-5-12(13)17/h2,5,8,11H,3-4,6-7,9H2,1H3,(H,18,22)(H,19,21). The Morgan fingerprint density at radius 1 is 1.27 bits per heavy atom. The van der Waals surface area contributed by atoms with Gasteiger partial charge in [-0.2, -0.15) is 0 Å². The molecule has 2 rings (SSSR count). The van der Waals surface area contributed by atoms with Gasteiger partial charge in [0.15, 0.2) is 0 Å². The molecule has 1 saturated carbocycles. The summed E-state index contributed by atoms with van der Waals surface area (Å²) in [5.74, 6) is -0.165. The average Bonchev–Trinajstić information content (AvgIpc) is 3.24. The first kappa shape index (κ1) is 17.1. The number of likely N-dealkylation sites (N-methyl/N-ethyl adjacent to an activating group) is 1. The van der Waals surface area contributed by atoms with Crippen molar-refractivity contribution < 1.29 is 9.59 Å². The lowest BCUT2D eigenvalue weighted by Gasteiger charge is -2.16. The van der Waals surface area contributed by atoms with E-state index < -0.39 is 0 Å². The summed E-state index contributed by atoms with van der Waals surface area (Å²) in [4.78, 5) is 25.4. The van der Waals surface area contributed by atoms with Crippen LogP contribution in [0.15, 0.2) is 18.2 Å². The number of hydrogen-bond donors (Lipinski definition) is 2. The Balaban J connectivity index is 1.72. The minimum absolute atomic E-state index is 0.00305. The van der Waals surface area contributed by atoms with Gasteiger partial charge in [0.05, 0.1) is 17.3 Å². The molecule has 0 aliphatic heterocycles. The minimum Gasteiger partial charge on any atom is -0.352 e. The van der Waals surface area contributed by atoms with E-state index >= 15 is 0 Å². The molecule has 120 valence electrons. The third-order valence-corrected chi connectivity index (χ3v) is 3.84. The summed E-state index contributed by atoms with van der Waals surface area (Å²) in [6.45, 7) is 0.782. The summed E-state index contributed by atoms with van der Waals surface area (Å²) in [5.41, 5.74) is 0.494. The summed E-state index contributed by atoms with van der Waals surface area (Å²) in [5, 5.41) is 6.58. The van der Waals surface area contributed by atoms with Crippen LogP contribution < -0.4 is 10.6 Å². The SMILES string of the molecule is CN(CCC(=O)Nc1cc(Cl)ccc1Cl)CC(=O)NC1CC1. The molecule has 0 spiro atoms. The Hall–Kier alpha value is -1.30. The number of benzene rings is 1.